The zero-order valence-corrected chi connectivity index (χ0v) is 10.6. The Labute approximate surface area is 113 Å². The summed E-state index contributed by atoms with van der Waals surface area (Å²) in [4.78, 5) is 14.2. The normalized spacial score (nSPS) is 10.3. The van der Waals surface area contributed by atoms with Gasteiger partial charge in [0, 0.05) is 23.9 Å². The summed E-state index contributed by atoms with van der Waals surface area (Å²) < 4.78 is 26.4. The van der Waals surface area contributed by atoms with Gasteiger partial charge in [-0.05, 0) is 25.1 Å². The lowest BCUT2D eigenvalue weighted by molar-refractivity contribution is -0.385. The van der Waals surface area contributed by atoms with Crippen molar-refractivity contribution in [1.29, 1.82) is 0 Å². The molecule has 0 spiro atoms. The number of halogens is 2. The van der Waals surface area contributed by atoms with Crippen LogP contribution < -0.4 is 5.32 Å². The average molecular weight is 279 g/mol. The molecule has 104 valence electrons. The number of nitro groups is 1. The monoisotopic (exact) mass is 279 g/mol. The molecule has 0 atom stereocenters. The highest BCUT2D eigenvalue weighted by atomic mass is 19.1. The van der Waals surface area contributed by atoms with Crippen LogP contribution in [0.25, 0.3) is 0 Å². The van der Waals surface area contributed by atoms with E-state index in [0.717, 1.165) is 18.2 Å². The molecule has 0 aliphatic rings. The number of rotatable bonds is 4. The molecule has 0 bridgehead atoms. The van der Waals surface area contributed by atoms with E-state index >= 15 is 0 Å². The van der Waals surface area contributed by atoms with Crippen LogP contribution >= 0.6 is 0 Å². The summed E-state index contributed by atoms with van der Waals surface area (Å²) in [5.41, 5.74) is 0.467. The molecule has 0 amide bonds. The largest absolute Gasteiger partial charge is 0.366 e. The molecular weight excluding hydrogens is 268 g/mol. The minimum Gasteiger partial charge on any atom is -0.366 e. The number of aromatic nitrogens is 1. The van der Waals surface area contributed by atoms with Gasteiger partial charge in [-0.3, -0.25) is 10.1 Å². The van der Waals surface area contributed by atoms with Crippen LogP contribution in [0.2, 0.25) is 0 Å². The molecule has 0 fully saturated rings. The molecule has 1 N–H and O–H groups in total. The molecule has 0 radical (unpaired) electrons. The molecule has 20 heavy (non-hydrogen) atoms. The van der Waals surface area contributed by atoms with Gasteiger partial charge in [0.15, 0.2) is 0 Å². The van der Waals surface area contributed by atoms with Crippen LogP contribution in [0.15, 0.2) is 30.5 Å². The number of hydrogen-bond donors (Lipinski definition) is 1. The van der Waals surface area contributed by atoms with Gasteiger partial charge >= 0.3 is 0 Å². The van der Waals surface area contributed by atoms with Crippen molar-refractivity contribution >= 4 is 11.5 Å². The van der Waals surface area contributed by atoms with Gasteiger partial charge in [0.05, 0.1) is 11.0 Å². The van der Waals surface area contributed by atoms with Gasteiger partial charge < -0.3 is 5.32 Å². The molecule has 1 heterocycles. The Morgan fingerprint density at radius 1 is 1.35 bits per heavy atom. The lowest BCUT2D eigenvalue weighted by Crippen LogP contribution is -2.05. The number of anilines is 1. The fourth-order valence-corrected chi connectivity index (χ4v) is 1.67. The Morgan fingerprint density at radius 3 is 2.80 bits per heavy atom. The first kappa shape index (κ1) is 13.9. The first-order valence-corrected chi connectivity index (χ1v) is 5.76. The van der Waals surface area contributed by atoms with E-state index < -0.39 is 16.6 Å². The summed E-state index contributed by atoms with van der Waals surface area (Å²) in [6.07, 6.45) is 1.35. The smallest absolute Gasteiger partial charge is 0.277 e. The van der Waals surface area contributed by atoms with E-state index in [4.69, 9.17) is 0 Å². The highest BCUT2D eigenvalue weighted by Crippen LogP contribution is 2.20. The average Bonchev–Trinajstić information content (AvgIpc) is 2.41. The van der Waals surface area contributed by atoms with E-state index in [0.29, 0.717) is 5.56 Å². The van der Waals surface area contributed by atoms with E-state index in [1.54, 1.807) is 6.92 Å². The topological polar surface area (TPSA) is 68.1 Å². The third-order valence-corrected chi connectivity index (χ3v) is 2.74. The summed E-state index contributed by atoms with van der Waals surface area (Å²) in [5.74, 6) is -0.877. The summed E-state index contributed by atoms with van der Waals surface area (Å²) in [6, 6.07) is 4.36. The zero-order valence-electron chi connectivity index (χ0n) is 10.6. The third kappa shape index (κ3) is 3.05. The predicted octanol–water partition coefficient (Wildman–Crippen LogP) is 3.19. The van der Waals surface area contributed by atoms with E-state index in [-0.39, 0.29) is 23.6 Å². The van der Waals surface area contributed by atoms with Crippen molar-refractivity contribution in [2.75, 3.05) is 5.32 Å². The van der Waals surface area contributed by atoms with E-state index in [1.807, 2.05) is 0 Å². The van der Waals surface area contributed by atoms with E-state index in [9.17, 15) is 18.9 Å². The van der Waals surface area contributed by atoms with Gasteiger partial charge in [-0.15, -0.1) is 0 Å². The molecule has 0 aliphatic heterocycles. The molecule has 0 saturated carbocycles. The number of pyridine rings is 1. The van der Waals surface area contributed by atoms with Crippen LogP contribution in [-0.4, -0.2) is 9.91 Å². The third-order valence-electron chi connectivity index (χ3n) is 2.74. The highest BCUT2D eigenvalue weighted by molar-refractivity contribution is 5.49. The predicted molar refractivity (Wildman–Crippen MR) is 69.3 cm³/mol. The maximum absolute atomic E-state index is 13.4. The first-order chi connectivity index (χ1) is 9.47. The van der Waals surface area contributed by atoms with Crippen molar-refractivity contribution in [1.82, 2.24) is 4.98 Å². The van der Waals surface area contributed by atoms with Crippen molar-refractivity contribution in [3.05, 3.63) is 63.3 Å². The van der Waals surface area contributed by atoms with Crippen LogP contribution in [0, 0.1) is 28.7 Å². The van der Waals surface area contributed by atoms with Crippen LogP contribution in [0.4, 0.5) is 20.3 Å². The fourth-order valence-electron chi connectivity index (χ4n) is 1.67. The lowest BCUT2D eigenvalue weighted by atomic mass is 10.2. The van der Waals surface area contributed by atoms with E-state index in [2.05, 4.69) is 10.3 Å². The number of nitrogens with zero attached hydrogens (tertiary/aromatic N) is 2. The van der Waals surface area contributed by atoms with Crippen molar-refractivity contribution in [2.24, 2.45) is 0 Å². The van der Waals surface area contributed by atoms with Gasteiger partial charge in [0.1, 0.15) is 17.5 Å². The van der Waals surface area contributed by atoms with Gasteiger partial charge in [0.25, 0.3) is 5.69 Å². The summed E-state index contributed by atoms with van der Waals surface area (Å²) in [6.45, 7) is 1.55. The van der Waals surface area contributed by atoms with Crippen LogP contribution in [0.5, 0.6) is 0 Å². The minimum atomic E-state index is -0.555. The minimum absolute atomic E-state index is 0.0171. The molecule has 2 rings (SSSR count). The van der Waals surface area contributed by atoms with E-state index in [1.165, 1.54) is 12.3 Å². The number of nitrogens with one attached hydrogen (secondary N) is 1. The van der Waals surface area contributed by atoms with Crippen molar-refractivity contribution in [3.63, 3.8) is 0 Å². The zero-order chi connectivity index (χ0) is 14.7. The quantitative estimate of drug-likeness (QED) is 0.689. The Morgan fingerprint density at radius 2 is 2.10 bits per heavy atom. The molecule has 1 aromatic carbocycles. The van der Waals surface area contributed by atoms with Gasteiger partial charge in [-0.2, -0.15) is 0 Å². The standard InChI is InChI=1S/C13H11F2N3O2/c1-8-6-16-13(5-12(8)18(19)20)17-7-9-4-10(14)2-3-11(9)15/h2-6H,7H2,1H3,(H,16,17). The second-order valence-electron chi connectivity index (χ2n) is 4.20. The first-order valence-electron chi connectivity index (χ1n) is 5.76. The van der Waals surface area contributed by atoms with Crippen molar-refractivity contribution < 1.29 is 13.7 Å². The van der Waals surface area contributed by atoms with Gasteiger partial charge in [0.2, 0.25) is 0 Å². The lowest BCUT2D eigenvalue weighted by Gasteiger charge is -2.07. The SMILES string of the molecule is Cc1cnc(NCc2cc(F)ccc2F)cc1[N+](=O)[O-]. The number of aryl methyl sites for hydroxylation is 1. The second-order valence-corrected chi connectivity index (χ2v) is 4.20. The molecular formula is C13H11F2N3O2. The maximum Gasteiger partial charge on any atom is 0.277 e. The molecule has 0 aliphatic carbocycles. The molecule has 0 saturated heterocycles. The Kier molecular flexibility index (Phi) is 3.88. The summed E-state index contributed by atoms with van der Waals surface area (Å²) in [5, 5.41) is 13.5. The fraction of sp³-hybridized carbons (Fsp3) is 0.154. The van der Waals surface area contributed by atoms with Gasteiger partial charge in [-0.1, -0.05) is 0 Å². The Hall–Kier alpha value is -2.57. The molecule has 5 nitrogen and oxygen atoms in total. The summed E-state index contributed by atoms with van der Waals surface area (Å²) in [7, 11) is 0. The van der Waals surface area contributed by atoms with Crippen LogP contribution in [0.1, 0.15) is 11.1 Å². The Bertz CT molecular complexity index is 662. The number of benzene rings is 1. The second kappa shape index (κ2) is 5.60. The van der Waals surface area contributed by atoms with Crippen LogP contribution in [-0.2, 0) is 6.54 Å². The molecule has 1 aromatic heterocycles. The number of hydrogen-bond acceptors (Lipinski definition) is 4. The highest BCUT2D eigenvalue weighted by Gasteiger charge is 2.12. The maximum atomic E-state index is 13.4. The Balaban J connectivity index is 2.17. The summed E-state index contributed by atoms with van der Waals surface area (Å²) >= 11 is 0. The van der Waals surface area contributed by atoms with Crippen molar-refractivity contribution in [3.8, 4) is 0 Å². The molecule has 7 heteroatoms. The van der Waals surface area contributed by atoms with Gasteiger partial charge in [-0.25, -0.2) is 13.8 Å². The molecule has 0 unspecified atom stereocenters. The van der Waals surface area contributed by atoms with Crippen LogP contribution in [0.3, 0.4) is 0 Å². The van der Waals surface area contributed by atoms with Crippen molar-refractivity contribution in [2.45, 2.75) is 13.5 Å². The molecule has 2 aromatic rings.